The molecule has 10 N–H and O–H groups in total. The summed E-state index contributed by atoms with van der Waals surface area (Å²) < 4.78 is 6.07. The van der Waals surface area contributed by atoms with Crippen LogP contribution in [0, 0.1) is 29.6 Å². The quantitative estimate of drug-likeness (QED) is 0.0486. The molecule has 412 valence electrons. The summed E-state index contributed by atoms with van der Waals surface area (Å²) in [6.07, 6.45) is 7.10. The number of ether oxygens (including phenoxy) is 1. The summed E-state index contributed by atoms with van der Waals surface area (Å²) in [5.74, 6) is -10.4. The second-order valence-corrected chi connectivity index (χ2v) is 21.3. The van der Waals surface area contributed by atoms with E-state index < -0.39 is 132 Å². The van der Waals surface area contributed by atoms with Gasteiger partial charge in [-0.1, -0.05) is 134 Å². The number of cyclic esters (lactones) is 1. The van der Waals surface area contributed by atoms with E-state index in [0.717, 1.165) is 38.5 Å². The van der Waals surface area contributed by atoms with Crippen LogP contribution in [-0.4, -0.2) is 113 Å². The zero-order chi connectivity index (χ0) is 54.7. The van der Waals surface area contributed by atoms with Gasteiger partial charge in [-0.2, -0.15) is 0 Å². The van der Waals surface area contributed by atoms with Gasteiger partial charge in [0.15, 0.2) is 0 Å². The summed E-state index contributed by atoms with van der Waals surface area (Å²) in [5.41, 5.74) is 5.49. The van der Waals surface area contributed by atoms with Crippen LogP contribution in [0.1, 0.15) is 192 Å². The van der Waals surface area contributed by atoms with Crippen molar-refractivity contribution in [3.8, 4) is 0 Å². The van der Waals surface area contributed by atoms with Gasteiger partial charge in [-0.3, -0.25) is 43.2 Å². The highest BCUT2D eigenvalue weighted by Gasteiger charge is 2.38. The van der Waals surface area contributed by atoms with Gasteiger partial charge in [0.2, 0.25) is 47.3 Å². The molecule has 1 saturated heterocycles. The lowest BCUT2D eigenvalue weighted by Gasteiger charge is -2.30. The molecule has 20 nitrogen and oxygen atoms in total. The fraction of sp³-hybridized carbons (Fsp3) is 0.808. The number of hydrogen-bond acceptors (Lipinski definition) is 11. The number of amides is 8. The molecule has 0 saturated carbocycles. The summed E-state index contributed by atoms with van der Waals surface area (Å²) in [4.78, 5) is 137. The Morgan fingerprint density at radius 3 is 1.39 bits per heavy atom. The van der Waals surface area contributed by atoms with Crippen LogP contribution in [0.4, 0.5) is 0 Å². The van der Waals surface area contributed by atoms with Crippen molar-refractivity contribution < 1.29 is 57.8 Å². The Balaban J connectivity index is 3.98. The standard InChI is InChI=1S/C52H92N8O12/c1-12-14-15-16-17-18-19-20-21-22-35-28-42(62)54-36(23-24-41(53)61)46(65)55-37(25-30(3)4)47(66)56-38(26-31(5)6)49(68)59-44(33(9)10)51(70)58-40(29-43(63)64)48(67)57-39(27-32(7)8)50(69)60-45(34(11)13-2)52(71)72-35/h30-40,44-45H,12-29H2,1-11H3,(H2,53,61)(H,54,62)(H,55,65)(H,56,66)(H,57,67)(H,58,70)(H,59,68)(H,60,69)(H,63,64)/t34-,35?,36-,37?,38+,39+,40?,44-,45?/m0/s1. The fourth-order valence-corrected chi connectivity index (χ4v) is 8.42. The van der Waals surface area contributed by atoms with E-state index in [1.807, 2.05) is 34.6 Å². The molecule has 0 aromatic rings. The van der Waals surface area contributed by atoms with Crippen molar-refractivity contribution in [2.45, 2.75) is 240 Å². The van der Waals surface area contributed by atoms with Gasteiger partial charge >= 0.3 is 11.9 Å². The first-order chi connectivity index (χ1) is 33.8. The van der Waals surface area contributed by atoms with Crippen LogP contribution >= 0.6 is 0 Å². The minimum atomic E-state index is -1.72. The molecule has 0 radical (unpaired) electrons. The Morgan fingerprint density at radius 2 is 0.958 bits per heavy atom. The second kappa shape index (κ2) is 34.2. The maximum absolute atomic E-state index is 14.3. The smallest absolute Gasteiger partial charge is 0.329 e. The van der Waals surface area contributed by atoms with Crippen molar-refractivity contribution in [2.75, 3.05) is 0 Å². The van der Waals surface area contributed by atoms with Crippen molar-refractivity contribution in [1.82, 2.24) is 37.2 Å². The fourth-order valence-electron chi connectivity index (χ4n) is 8.42. The number of rotatable bonds is 24. The van der Waals surface area contributed by atoms with Gasteiger partial charge in [-0.25, -0.2) is 4.79 Å². The number of primary amides is 1. The molecule has 0 bridgehead atoms. The zero-order valence-corrected chi connectivity index (χ0v) is 45.2. The van der Waals surface area contributed by atoms with Crippen LogP contribution in [0.3, 0.4) is 0 Å². The molecule has 8 amide bonds. The highest BCUT2D eigenvalue weighted by Crippen LogP contribution is 2.19. The Bertz CT molecular complexity index is 1770. The summed E-state index contributed by atoms with van der Waals surface area (Å²) in [5, 5.41) is 28.4. The average molecular weight is 1020 g/mol. The first kappa shape index (κ1) is 64.7. The van der Waals surface area contributed by atoms with E-state index in [1.165, 1.54) is 12.8 Å². The zero-order valence-electron chi connectivity index (χ0n) is 45.2. The highest BCUT2D eigenvalue weighted by molar-refractivity contribution is 5.98. The van der Waals surface area contributed by atoms with Crippen molar-refractivity contribution >= 4 is 59.2 Å². The number of nitrogens with two attached hydrogens (primary N) is 1. The van der Waals surface area contributed by atoms with E-state index in [-0.39, 0.29) is 56.3 Å². The number of carbonyl (C=O) groups excluding carboxylic acids is 9. The van der Waals surface area contributed by atoms with Crippen molar-refractivity contribution in [2.24, 2.45) is 35.3 Å². The van der Waals surface area contributed by atoms with Gasteiger partial charge in [0.1, 0.15) is 48.4 Å². The first-order valence-corrected chi connectivity index (χ1v) is 26.6. The maximum Gasteiger partial charge on any atom is 0.329 e. The maximum atomic E-state index is 14.3. The number of aliphatic carboxylic acids is 1. The monoisotopic (exact) mass is 1020 g/mol. The Labute approximate surface area is 428 Å². The molecule has 72 heavy (non-hydrogen) atoms. The van der Waals surface area contributed by atoms with Gasteiger partial charge in [-0.15, -0.1) is 0 Å². The molecule has 1 aliphatic rings. The number of esters is 1. The molecule has 9 atom stereocenters. The highest BCUT2D eigenvalue weighted by atomic mass is 16.5. The molecule has 0 aromatic heterocycles. The van der Waals surface area contributed by atoms with E-state index in [2.05, 4.69) is 44.1 Å². The van der Waals surface area contributed by atoms with Crippen LogP contribution in [0.25, 0.3) is 0 Å². The average Bonchev–Trinajstić information content (AvgIpc) is 3.27. The molecule has 1 rings (SSSR count). The molecule has 1 heterocycles. The topological polar surface area (TPSA) is 310 Å². The summed E-state index contributed by atoms with van der Waals surface area (Å²) in [6, 6.07) is -9.48. The van der Waals surface area contributed by atoms with Crippen molar-refractivity contribution in [3.05, 3.63) is 0 Å². The van der Waals surface area contributed by atoms with Gasteiger partial charge in [0, 0.05) is 6.42 Å². The van der Waals surface area contributed by atoms with Gasteiger partial charge < -0.3 is 52.8 Å². The van der Waals surface area contributed by atoms with Crippen LogP contribution in [0.15, 0.2) is 0 Å². The predicted molar refractivity (Wildman–Crippen MR) is 273 cm³/mol. The van der Waals surface area contributed by atoms with Crippen LogP contribution in [0.2, 0.25) is 0 Å². The molecule has 1 fully saturated rings. The van der Waals surface area contributed by atoms with E-state index in [1.54, 1.807) is 34.6 Å². The largest absolute Gasteiger partial charge is 0.481 e. The number of hydrogen-bond donors (Lipinski definition) is 9. The number of nitrogens with one attached hydrogen (secondary N) is 7. The Morgan fingerprint density at radius 1 is 0.542 bits per heavy atom. The van der Waals surface area contributed by atoms with Crippen LogP contribution in [-0.2, 0) is 52.7 Å². The lowest BCUT2D eigenvalue weighted by atomic mass is 9.97. The number of unbranched alkanes of at least 4 members (excludes halogenated alkanes) is 8. The molecular formula is C52H92N8O12. The molecule has 0 spiro atoms. The van der Waals surface area contributed by atoms with Gasteiger partial charge in [-0.05, 0) is 68.1 Å². The predicted octanol–water partition coefficient (Wildman–Crippen LogP) is 4.20. The van der Waals surface area contributed by atoms with Crippen molar-refractivity contribution in [3.63, 3.8) is 0 Å². The van der Waals surface area contributed by atoms with E-state index in [9.17, 15) is 53.1 Å². The van der Waals surface area contributed by atoms with Gasteiger partial charge in [0.05, 0.1) is 12.8 Å². The molecule has 0 aromatic carbocycles. The SMILES string of the molecule is CCCCCCCCCCCC1CC(=O)N[C@@H](CCC(N)=O)C(=O)NC(CC(C)C)C(=O)N[C@H](CC(C)C)C(=O)N[C@@H](C(C)C)C(=O)NC(CC(=O)O)C(=O)N[C@H](CC(C)C)C(=O)NC([C@@H](C)CC)C(=O)O1. The third-order valence-corrected chi connectivity index (χ3v) is 12.7. The van der Waals surface area contributed by atoms with Crippen molar-refractivity contribution in [1.29, 1.82) is 0 Å². The number of carbonyl (C=O) groups is 10. The number of carboxylic acid groups (broad SMARTS) is 1. The second-order valence-electron chi connectivity index (χ2n) is 21.3. The molecule has 20 heteroatoms. The van der Waals surface area contributed by atoms with E-state index in [0.29, 0.717) is 12.8 Å². The lowest BCUT2D eigenvalue weighted by Crippen LogP contribution is -2.61. The lowest BCUT2D eigenvalue weighted by molar-refractivity contribution is -0.156. The van der Waals surface area contributed by atoms with E-state index >= 15 is 0 Å². The summed E-state index contributed by atoms with van der Waals surface area (Å²) in [7, 11) is 0. The van der Waals surface area contributed by atoms with Gasteiger partial charge in [0.25, 0.3) is 0 Å². The summed E-state index contributed by atoms with van der Waals surface area (Å²) in [6.45, 7) is 19.8. The Kier molecular flexibility index (Phi) is 30.7. The normalized spacial score (nSPS) is 24.5. The molecule has 4 unspecified atom stereocenters. The summed E-state index contributed by atoms with van der Waals surface area (Å²) >= 11 is 0. The van der Waals surface area contributed by atoms with Crippen LogP contribution < -0.4 is 43.0 Å². The minimum absolute atomic E-state index is 0.0468. The van der Waals surface area contributed by atoms with Crippen LogP contribution in [0.5, 0.6) is 0 Å². The minimum Gasteiger partial charge on any atom is -0.481 e. The number of carboxylic acids is 1. The molecular weight excluding hydrogens is 929 g/mol. The Hall–Kier alpha value is -5.30. The molecule has 1 aliphatic heterocycles. The third kappa shape index (κ3) is 25.9. The third-order valence-electron chi connectivity index (χ3n) is 12.7. The van der Waals surface area contributed by atoms with E-state index in [4.69, 9.17) is 10.5 Å². The molecule has 0 aliphatic carbocycles. The first-order valence-electron chi connectivity index (χ1n) is 26.6.